The van der Waals surface area contributed by atoms with Crippen molar-refractivity contribution in [2.75, 3.05) is 0 Å². The number of nitrogens with one attached hydrogen (secondary N) is 1. The molecular formula is C11H16Cl2N4O3. The third-order valence-electron chi connectivity index (χ3n) is 2.80. The summed E-state index contributed by atoms with van der Waals surface area (Å²) in [6.45, 7) is 1.65. The van der Waals surface area contributed by atoms with Crippen LogP contribution in [0.5, 0.6) is 0 Å². The van der Waals surface area contributed by atoms with Gasteiger partial charge in [0.05, 0.1) is 5.54 Å². The number of nitrogens with zero attached hydrogens (tertiary/aromatic N) is 2. The van der Waals surface area contributed by atoms with Crippen LogP contribution in [0.25, 0.3) is 5.65 Å². The van der Waals surface area contributed by atoms with Gasteiger partial charge in [-0.25, -0.2) is 9.78 Å². The zero-order valence-electron chi connectivity index (χ0n) is 10.7. The Labute approximate surface area is 127 Å². The Morgan fingerprint density at radius 2 is 2.20 bits per heavy atom. The fourth-order valence-electron chi connectivity index (χ4n) is 1.69. The van der Waals surface area contributed by atoms with Crippen LogP contribution in [0.1, 0.15) is 25.6 Å². The molecule has 2 rings (SSSR count). The summed E-state index contributed by atoms with van der Waals surface area (Å²) in [5, 5.41) is 8.66. The zero-order chi connectivity index (χ0) is 13.3. The number of fused-ring (bicyclic) bond motifs is 1. The molecule has 1 atom stereocenters. The minimum Gasteiger partial charge on any atom is -0.481 e. The highest BCUT2D eigenvalue weighted by Crippen LogP contribution is 2.19. The molecule has 0 fully saturated rings. The Bertz CT molecular complexity index is 650. The first-order valence-corrected chi connectivity index (χ1v) is 5.49. The van der Waals surface area contributed by atoms with E-state index in [4.69, 9.17) is 10.8 Å². The summed E-state index contributed by atoms with van der Waals surface area (Å²) in [7, 11) is 0. The zero-order valence-corrected chi connectivity index (χ0v) is 12.3. The highest BCUT2D eigenvalue weighted by atomic mass is 35.5. The third kappa shape index (κ3) is 3.72. The van der Waals surface area contributed by atoms with Gasteiger partial charge in [-0.05, 0) is 25.5 Å². The summed E-state index contributed by atoms with van der Waals surface area (Å²) < 4.78 is 1.36. The molecule has 2 aromatic rings. The molecule has 0 bridgehead atoms. The van der Waals surface area contributed by atoms with Crippen LogP contribution in [-0.4, -0.2) is 25.4 Å². The molecular weight excluding hydrogens is 307 g/mol. The van der Waals surface area contributed by atoms with Crippen LogP contribution >= 0.6 is 24.8 Å². The maximum absolute atomic E-state index is 11.7. The number of carboxylic acids is 1. The number of H-pyrrole nitrogens is 1. The van der Waals surface area contributed by atoms with Crippen molar-refractivity contribution in [1.29, 1.82) is 0 Å². The number of aromatic nitrogens is 3. The van der Waals surface area contributed by atoms with Crippen LogP contribution in [0, 0.1) is 0 Å². The van der Waals surface area contributed by atoms with Crippen molar-refractivity contribution in [3.63, 3.8) is 0 Å². The van der Waals surface area contributed by atoms with Gasteiger partial charge in [0.15, 0.2) is 0 Å². The molecule has 0 radical (unpaired) electrons. The molecule has 7 nitrogen and oxygen atoms in total. The number of hydrogen-bond donors (Lipinski definition) is 3. The van der Waals surface area contributed by atoms with Crippen molar-refractivity contribution in [3.05, 3.63) is 34.6 Å². The smallest absolute Gasteiger partial charge is 0.332 e. The van der Waals surface area contributed by atoms with Crippen LogP contribution in [0.3, 0.4) is 0 Å². The minimum atomic E-state index is -0.983. The monoisotopic (exact) mass is 322 g/mol. The normalized spacial score (nSPS) is 13.1. The number of aliphatic carboxylic acids is 1. The van der Waals surface area contributed by atoms with E-state index in [2.05, 4.69) is 9.97 Å². The Hall–Kier alpha value is -1.57. The predicted molar refractivity (Wildman–Crippen MR) is 78.7 cm³/mol. The highest BCUT2D eigenvalue weighted by molar-refractivity contribution is 5.85. The lowest BCUT2D eigenvalue weighted by atomic mass is 9.96. The Morgan fingerprint density at radius 3 is 2.80 bits per heavy atom. The number of carbonyl (C=O) groups is 1. The predicted octanol–water partition coefficient (Wildman–Crippen LogP) is 0.905. The number of nitrogens with two attached hydrogens (primary N) is 1. The summed E-state index contributed by atoms with van der Waals surface area (Å²) >= 11 is 0. The van der Waals surface area contributed by atoms with Crippen molar-refractivity contribution < 1.29 is 9.90 Å². The average molecular weight is 323 g/mol. The van der Waals surface area contributed by atoms with Crippen molar-refractivity contribution >= 4 is 36.4 Å². The van der Waals surface area contributed by atoms with Crippen molar-refractivity contribution in [3.8, 4) is 0 Å². The van der Waals surface area contributed by atoms with Gasteiger partial charge in [-0.1, -0.05) is 0 Å². The second-order valence-corrected chi connectivity index (χ2v) is 4.44. The second kappa shape index (κ2) is 6.74. The van der Waals surface area contributed by atoms with Gasteiger partial charge < -0.3 is 10.8 Å². The molecule has 0 aliphatic carbocycles. The summed E-state index contributed by atoms with van der Waals surface area (Å²) in [6.07, 6.45) is 1.71. The molecule has 20 heavy (non-hydrogen) atoms. The Morgan fingerprint density at radius 1 is 1.55 bits per heavy atom. The molecule has 4 N–H and O–H groups in total. The average Bonchev–Trinajstić information content (AvgIpc) is 2.75. The van der Waals surface area contributed by atoms with Crippen LogP contribution in [0.4, 0.5) is 0 Å². The molecule has 0 spiro atoms. The first-order chi connectivity index (χ1) is 8.40. The van der Waals surface area contributed by atoms with E-state index in [-0.39, 0.29) is 43.3 Å². The molecule has 0 aromatic carbocycles. The van der Waals surface area contributed by atoms with Crippen LogP contribution in [0.15, 0.2) is 23.1 Å². The second-order valence-electron chi connectivity index (χ2n) is 4.44. The van der Waals surface area contributed by atoms with E-state index in [9.17, 15) is 9.59 Å². The number of carboxylic acid groups (broad SMARTS) is 1. The van der Waals surface area contributed by atoms with Crippen molar-refractivity contribution in [1.82, 2.24) is 14.4 Å². The van der Waals surface area contributed by atoms with Gasteiger partial charge >= 0.3 is 11.7 Å². The summed E-state index contributed by atoms with van der Waals surface area (Å²) in [5.74, 6) is -0.641. The topological polar surface area (TPSA) is 113 Å². The first kappa shape index (κ1) is 18.4. The quantitative estimate of drug-likeness (QED) is 0.774. The molecule has 0 saturated carbocycles. The molecule has 1 unspecified atom stereocenters. The van der Waals surface area contributed by atoms with Crippen LogP contribution < -0.4 is 11.4 Å². The highest BCUT2D eigenvalue weighted by Gasteiger charge is 2.25. The van der Waals surface area contributed by atoms with E-state index in [0.717, 1.165) is 0 Å². The van der Waals surface area contributed by atoms with E-state index in [1.807, 2.05) is 0 Å². The molecule has 0 amide bonds. The minimum absolute atomic E-state index is 0. The lowest BCUT2D eigenvalue weighted by Gasteiger charge is -2.22. The molecule has 0 aliphatic rings. The standard InChI is InChI=1S/C11H14N4O3.2ClH/c1-11(12,5-4-8(16)17)9-13-7-3-2-6-15(7)10(18)14-9;;/h2-3,6H,4-5,12H2,1H3,(H,16,17)(H,13,14,18);2*1H. The van der Waals surface area contributed by atoms with Gasteiger partial charge in [0.2, 0.25) is 0 Å². The van der Waals surface area contributed by atoms with Gasteiger partial charge in [-0.2, -0.15) is 0 Å². The Kier molecular flexibility index (Phi) is 6.21. The number of hydrogen-bond acceptors (Lipinski definition) is 4. The number of rotatable bonds is 4. The van der Waals surface area contributed by atoms with Gasteiger partial charge in [0, 0.05) is 12.6 Å². The van der Waals surface area contributed by atoms with E-state index >= 15 is 0 Å². The largest absolute Gasteiger partial charge is 0.481 e. The third-order valence-corrected chi connectivity index (χ3v) is 2.80. The fraction of sp³-hybridized carbons (Fsp3) is 0.364. The van der Waals surface area contributed by atoms with Crippen molar-refractivity contribution in [2.24, 2.45) is 5.73 Å². The van der Waals surface area contributed by atoms with Gasteiger partial charge in [0.1, 0.15) is 11.5 Å². The van der Waals surface area contributed by atoms with Gasteiger partial charge in [-0.15, -0.1) is 24.8 Å². The lowest BCUT2D eigenvalue weighted by Crippen LogP contribution is -2.38. The maximum Gasteiger partial charge on any atom is 0.332 e. The molecule has 0 aliphatic heterocycles. The Balaban J connectivity index is 0.00000180. The SMILES string of the molecule is CC(N)(CCC(=O)O)c1nc2cccn2c(=O)[nH]1.Cl.Cl. The van der Waals surface area contributed by atoms with Crippen molar-refractivity contribution in [2.45, 2.75) is 25.3 Å². The van der Waals surface area contributed by atoms with Crippen LogP contribution in [0.2, 0.25) is 0 Å². The molecule has 0 saturated heterocycles. The summed E-state index contributed by atoms with van der Waals surface area (Å²) in [6, 6.07) is 3.39. The lowest BCUT2D eigenvalue weighted by molar-refractivity contribution is -0.137. The fourth-order valence-corrected chi connectivity index (χ4v) is 1.69. The number of halogens is 2. The molecule has 112 valence electrons. The van der Waals surface area contributed by atoms with Gasteiger partial charge in [-0.3, -0.25) is 14.2 Å². The molecule has 2 aromatic heterocycles. The van der Waals surface area contributed by atoms with E-state index in [0.29, 0.717) is 11.5 Å². The first-order valence-electron chi connectivity index (χ1n) is 5.49. The molecule has 2 heterocycles. The van der Waals surface area contributed by atoms with Crippen LogP contribution in [-0.2, 0) is 10.3 Å². The number of aromatic amines is 1. The van der Waals surface area contributed by atoms with Gasteiger partial charge in [0.25, 0.3) is 0 Å². The van der Waals surface area contributed by atoms with E-state index in [1.54, 1.807) is 25.3 Å². The van der Waals surface area contributed by atoms with E-state index in [1.165, 1.54) is 4.40 Å². The maximum atomic E-state index is 11.7. The summed E-state index contributed by atoms with van der Waals surface area (Å²) in [5.41, 5.74) is 5.17. The van der Waals surface area contributed by atoms with E-state index < -0.39 is 11.5 Å². The molecule has 9 heteroatoms. The summed E-state index contributed by atoms with van der Waals surface area (Å²) in [4.78, 5) is 29.1.